The summed E-state index contributed by atoms with van der Waals surface area (Å²) in [5.41, 5.74) is 4.15. The Labute approximate surface area is 228 Å². The van der Waals surface area contributed by atoms with Gasteiger partial charge in [-0.25, -0.2) is 4.79 Å². The van der Waals surface area contributed by atoms with E-state index in [0.29, 0.717) is 59.1 Å². The van der Waals surface area contributed by atoms with Crippen LogP contribution in [0.15, 0.2) is 65.0 Å². The second-order valence-electron chi connectivity index (χ2n) is 9.17. The maximum Gasteiger partial charge on any atom is 0.336 e. The van der Waals surface area contributed by atoms with Gasteiger partial charge in [0.1, 0.15) is 12.4 Å². The third-order valence-electron chi connectivity index (χ3n) is 7.04. The number of allylic oxidation sites excluding steroid dienone is 3. The van der Waals surface area contributed by atoms with Crippen LogP contribution in [0.1, 0.15) is 49.7 Å². The van der Waals surface area contributed by atoms with Crippen LogP contribution >= 0.6 is 11.8 Å². The van der Waals surface area contributed by atoms with Crippen LogP contribution in [-0.2, 0) is 14.3 Å². The number of methoxy groups -OCH3 is 3. The van der Waals surface area contributed by atoms with Gasteiger partial charge in [0.15, 0.2) is 17.3 Å². The van der Waals surface area contributed by atoms with Crippen molar-refractivity contribution < 1.29 is 28.5 Å². The summed E-state index contributed by atoms with van der Waals surface area (Å²) in [6.07, 6.45) is 0.912. The van der Waals surface area contributed by atoms with E-state index in [1.807, 2.05) is 43.3 Å². The van der Waals surface area contributed by atoms with E-state index in [0.717, 1.165) is 22.8 Å². The molecule has 0 aromatic heterocycles. The van der Waals surface area contributed by atoms with Crippen LogP contribution in [-0.4, -0.2) is 51.2 Å². The van der Waals surface area contributed by atoms with E-state index in [1.165, 1.54) is 0 Å². The van der Waals surface area contributed by atoms with Crippen molar-refractivity contribution in [3.63, 3.8) is 0 Å². The quantitative estimate of drug-likeness (QED) is 0.320. The van der Waals surface area contributed by atoms with Gasteiger partial charge in [0.2, 0.25) is 0 Å². The molecule has 2 aromatic rings. The number of benzene rings is 2. The smallest absolute Gasteiger partial charge is 0.336 e. The molecule has 2 atom stereocenters. The lowest BCUT2D eigenvalue weighted by Crippen LogP contribution is -2.36. The van der Waals surface area contributed by atoms with Gasteiger partial charge in [-0.3, -0.25) is 4.79 Å². The summed E-state index contributed by atoms with van der Waals surface area (Å²) in [4.78, 5) is 27.4. The number of ether oxygens (including phenoxy) is 4. The van der Waals surface area contributed by atoms with Gasteiger partial charge in [-0.05, 0) is 36.8 Å². The maximum absolute atomic E-state index is 13.9. The summed E-state index contributed by atoms with van der Waals surface area (Å²) >= 11 is 1.71. The third kappa shape index (κ3) is 5.41. The van der Waals surface area contributed by atoms with Crippen molar-refractivity contribution in [1.29, 1.82) is 0 Å². The van der Waals surface area contributed by atoms with E-state index < -0.39 is 11.9 Å². The van der Waals surface area contributed by atoms with E-state index in [9.17, 15) is 9.59 Å². The summed E-state index contributed by atoms with van der Waals surface area (Å²) in [5, 5.41) is 3.40. The zero-order valence-electron chi connectivity index (χ0n) is 22.6. The summed E-state index contributed by atoms with van der Waals surface area (Å²) in [7, 11) is 4.77. The molecule has 0 bridgehead atoms. The summed E-state index contributed by atoms with van der Waals surface area (Å²) in [6.45, 7) is 4.22. The van der Waals surface area contributed by atoms with E-state index in [-0.39, 0.29) is 11.7 Å². The van der Waals surface area contributed by atoms with Gasteiger partial charge < -0.3 is 24.3 Å². The van der Waals surface area contributed by atoms with E-state index in [4.69, 9.17) is 18.9 Å². The van der Waals surface area contributed by atoms with Crippen LogP contribution in [0.2, 0.25) is 0 Å². The molecule has 2 aromatic carbocycles. The highest BCUT2D eigenvalue weighted by Gasteiger charge is 2.43. The molecule has 0 amide bonds. The standard InChI is InChI=1S/C30H35NO6S/c1-6-38-15-14-37-30(33)26-18(2)31-22-16-19(20-10-7-8-12-24(20)34-3)17-23(32)28(22)27(26)21-11-9-13-25(35-4)29(21)36-5/h7-13,19,27,31H,6,14-17H2,1-5H3/t19-,27+/m0/s1. The van der Waals surface area contributed by atoms with Crippen molar-refractivity contribution in [3.8, 4) is 17.2 Å². The number of ketones is 1. The van der Waals surface area contributed by atoms with Crippen molar-refractivity contribution in [1.82, 2.24) is 5.32 Å². The molecule has 0 spiro atoms. The highest BCUT2D eigenvalue weighted by molar-refractivity contribution is 7.99. The SMILES string of the molecule is CCSCCOC(=O)C1=C(C)NC2=C(C(=O)C[C@@H](c3ccccc3OC)C2)[C@@H]1c1cccc(OC)c1OC. The monoisotopic (exact) mass is 537 g/mol. The molecule has 0 radical (unpaired) electrons. The lowest BCUT2D eigenvalue weighted by Gasteiger charge is -2.37. The minimum atomic E-state index is -0.645. The Hall–Kier alpha value is -3.39. The van der Waals surface area contributed by atoms with Crippen molar-refractivity contribution in [2.24, 2.45) is 0 Å². The van der Waals surface area contributed by atoms with Crippen molar-refractivity contribution in [2.75, 3.05) is 39.4 Å². The lowest BCUT2D eigenvalue weighted by atomic mass is 9.71. The van der Waals surface area contributed by atoms with E-state index in [2.05, 4.69) is 12.2 Å². The second-order valence-corrected chi connectivity index (χ2v) is 10.6. The van der Waals surface area contributed by atoms with Gasteiger partial charge >= 0.3 is 5.97 Å². The largest absolute Gasteiger partial charge is 0.496 e. The maximum atomic E-state index is 13.9. The van der Waals surface area contributed by atoms with Gasteiger partial charge in [-0.2, -0.15) is 11.8 Å². The molecule has 38 heavy (non-hydrogen) atoms. The number of esters is 1. The minimum absolute atomic E-state index is 0.0242. The predicted octanol–water partition coefficient (Wildman–Crippen LogP) is 5.37. The van der Waals surface area contributed by atoms with E-state index in [1.54, 1.807) is 39.2 Å². The Bertz CT molecular complexity index is 1270. The average Bonchev–Trinajstić information content (AvgIpc) is 2.93. The van der Waals surface area contributed by atoms with Gasteiger partial charge in [-0.15, -0.1) is 0 Å². The first kappa shape index (κ1) is 27.6. The fourth-order valence-electron chi connectivity index (χ4n) is 5.40. The fourth-order valence-corrected chi connectivity index (χ4v) is 5.89. The van der Waals surface area contributed by atoms with Crippen LogP contribution in [0.3, 0.4) is 0 Å². The molecule has 7 nitrogen and oxygen atoms in total. The number of dihydropyridines is 1. The van der Waals surface area contributed by atoms with Crippen LogP contribution in [0.25, 0.3) is 0 Å². The number of rotatable bonds is 10. The topological polar surface area (TPSA) is 83.1 Å². The molecule has 4 rings (SSSR count). The molecule has 8 heteroatoms. The van der Waals surface area contributed by atoms with Crippen LogP contribution in [0.4, 0.5) is 0 Å². The van der Waals surface area contributed by atoms with Gasteiger partial charge in [0.25, 0.3) is 0 Å². The molecule has 1 heterocycles. The third-order valence-corrected chi connectivity index (χ3v) is 7.90. The number of carbonyl (C=O) groups excluding carboxylic acids is 2. The molecule has 0 saturated heterocycles. The number of Topliss-reactive ketones (excluding diaryl/α,β-unsaturated/α-hetero) is 1. The normalized spacial score (nSPS) is 19.0. The van der Waals surface area contributed by atoms with Gasteiger partial charge in [-0.1, -0.05) is 37.3 Å². The zero-order chi connectivity index (χ0) is 27.2. The molecule has 0 unspecified atom stereocenters. The number of hydrogen-bond donors (Lipinski definition) is 1. The first-order chi connectivity index (χ1) is 18.4. The predicted molar refractivity (Wildman–Crippen MR) is 149 cm³/mol. The molecule has 0 fully saturated rings. The van der Waals surface area contributed by atoms with Crippen LogP contribution < -0.4 is 19.5 Å². The zero-order valence-corrected chi connectivity index (χ0v) is 23.4. The molecular weight excluding hydrogens is 502 g/mol. The van der Waals surface area contributed by atoms with E-state index >= 15 is 0 Å². The Kier molecular flexibility index (Phi) is 9.05. The van der Waals surface area contributed by atoms with Crippen LogP contribution in [0.5, 0.6) is 17.2 Å². The molecule has 1 N–H and O–H groups in total. The highest BCUT2D eigenvalue weighted by atomic mass is 32.2. The van der Waals surface area contributed by atoms with Crippen molar-refractivity contribution in [3.05, 3.63) is 76.1 Å². The first-order valence-electron chi connectivity index (χ1n) is 12.8. The Balaban J connectivity index is 1.81. The second kappa shape index (κ2) is 12.4. The molecule has 2 aliphatic rings. The highest BCUT2D eigenvalue weighted by Crippen LogP contribution is 2.50. The lowest BCUT2D eigenvalue weighted by molar-refractivity contribution is -0.138. The van der Waals surface area contributed by atoms with Gasteiger partial charge in [0.05, 0.1) is 32.8 Å². The number of para-hydroxylation sites is 2. The molecule has 202 valence electrons. The summed E-state index contributed by atoms with van der Waals surface area (Å²) in [5.74, 6) is 2.29. The Morgan fingerprint density at radius 2 is 1.68 bits per heavy atom. The Morgan fingerprint density at radius 1 is 0.974 bits per heavy atom. The Morgan fingerprint density at radius 3 is 2.39 bits per heavy atom. The number of thioether (sulfide) groups is 1. The fraction of sp³-hybridized carbons (Fsp3) is 0.400. The average molecular weight is 538 g/mol. The minimum Gasteiger partial charge on any atom is -0.496 e. The summed E-state index contributed by atoms with van der Waals surface area (Å²) < 4.78 is 22.6. The summed E-state index contributed by atoms with van der Waals surface area (Å²) in [6, 6.07) is 13.3. The number of hydrogen-bond acceptors (Lipinski definition) is 8. The number of nitrogens with one attached hydrogen (secondary N) is 1. The molecule has 0 saturated carbocycles. The van der Waals surface area contributed by atoms with Crippen LogP contribution in [0, 0.1) is 0 Å². The molecule has 1 aliphatic carbocycles. The van der Waals surface area contributed by atoms with Crippen molar-refractivity contribution in [2.45, 2.75) is 38.5 Å². The van der Waals surface area contributed by atoms with Gasteiger partial charge in [0, 0.05) is 40.6 Å². The molecular formula is C30H35NO6S. The first-order valence-corrected chi connectivity index (χ1v) is 13.9. The van der Waals surface area contributed by atoms with Crippen molar-refractivity contribution >= 4 is 23.5 Å². The number of carbonyl (C=O) groups is 2. The molecule has 1 aliphatic heterocycles.